The molecule has 0 unspecified atom stereocenters. The van der Waals surface area contributed by atoms with Gasteiger partial charge in [0.15, 0.2) is 0 Å². The lowest BCUT2D eigenvalue weighted by Crippen LogP contribution is -2.38. The Kier molecular flexibility index (Phi) is 4.55. The van der Waals surface area contributed by atoms with E-state index in [1.54, 1.807) is 26.3 Å². The van der Waals surface area contributed by atoms with Gasteiger partial charge in [-0.05, 0) is 19.8 Å². The van der Waals surface area contributed by atoms with E-state index in [-0.39, 0.29) is 12.1 Å². The molecule has 106 valence electrons. The predicted molar refractivity (Wildman–Crippen MR) is 72.4 cm³/mol. The Hall–Kier alpha value is -1.40. The molecule has 0 bridgehead atoms. The van der Waals surface area contributed by atoms with Gasteiger partial charge in [0, 0.05) is 26.3 Å². The van der Waals surface area contributed by atoms with Crippen molar-refractivity contribution in [3.05, 3.63) is 22.6 Å². The second kappa shape index (κ2) is 6.16. The number of rotatable bonds is 4. The van der Waals surface area contributed by atoms with E-state index in [4.69, 9.17) is 4.74 Å². The first-order chi connectivity index (χ1) is 9.10. The minimum absolute atomic E-state index is 0.174. The van der Waals surface area contributed by atoms with Gasteiger partial charge in [0.1, 0.15) is 0 Å². The van der Waals surface area contributed by atoms with Crippen LogP contribution in [0.15, 0.2) is 17.1 Å². The smallest absolute Gasteiger partial charge is 0.268 e. The van der Waals surface area contributed by atoms with E-state index in [2.05, 4.69) is 10.00 Å². The van der Waals surface area contributed by atoms with Gasteiger partial charge in [-0.15, -0.1) is 0 Å². The summed E-state index contributed by atoms with van der Waals surface area (Å²) in [5.74, 6) is 0. The summed E-state index contributed by atoms with van der Waals surface area (Å²) in [5.41, 5.74) is 0.675. The molecule has 0 aromatic carbocycles. The van der Waals surface area contributed by atoms with E-state index < -0.39 is 6.10 Å². The topological polar surface area (TPSA) is 67.6 Å². The lowest BCUT2D eigenvalue weighted by atomic mass is 10.1. The predicted octanol–water partition coefficient (Wildman–Crippen LogP) is 0.239. The number of aromatic nitrogens is 2. The fourth-order valence-corrected chi connectivity index (χ4v) is 2.33. The third kappa shape index (κ3) is 3.54. The highest BCUT2D eigenvalue weighted by Crippen LogP contribution is 2.18. The van der Waals surface area contributed by atoms with Gasteiger partial charge in [0.2, 0.25) is 0 Å². The summed E-state index contributed by atoms with van der Waals surface area (Å²) in [4.78, 5) is 14.0. The minimum atomic E-state index is -0.575. The first-order valence-corrected chi connectivity index (χ1v) is 6.63. The normalized spacial score (nSPS) is 18.6. The molecule has 1 N–H and O–H groups in total. The summed E-state index contributed by atoms with van der Waals surface area (Å²) in [6.45, 7) is 3.61. The number of anilines is 1. The van der Waals surface area contributed by atoms with Crippen LogP contribution in [0.25, 0.3) is 0 Å². The third-order valence-electron chi connectivity index (χ3n) is 3.43. The van der Waals surface area contributed by atoms with Crippen molar-refractivity contribution in [1.29, 1.82) is 0 Å². The molecular formula is C13H21N3O3. The number of methoxy groups -OCH3 is 1. The molecule has 0 amide bonds. The number of nitrogens with zero attached hydrogens (tertiary/aromatic N) is 3. The Balaban J connectivity index is 2.06. The average Bonchev–Trinajstić information content (AvgIpc) is 2.41. The van der Waals surface area contributed by atoms with Gasteiger partial charge in [-0.1, -0.05) is 0 Å². The first-order valence-electron chi connectivity index (χ1n) is 6.63. The number of aliphatic hydroxyl groups is 1. The van der Waals surface area contributed by atoms with Crippen molar-refractivity contribution >= 4 is 5.69 Å². The maximum atomic E-state index is 11.9. The standard InChI is InChI=1S/C13H21N3O3/c1-10(17)9-16-13(18)7-11(8-14-16)15-5-3-12(19-2)4-6-15/h7-8,10,12,17H,3-6,9H2,1-2H3/t10-/m1/s1. The third-order valence-corrected chi connectivity index (χ3v) is 3.43. The van der Waals surface area contributed by atoms with Gasteiger partial charge in [0.05, 0.1) is 30.6 Å². The molecule has 1 aliphatic heterocycles. The SMILES string of the molecule is COC1CCN(c2cnn(C[C@@H](C)O)c(=O)c2)CC1. The van der Waals surface area contributed by atoms with Crippen LogP contribution in [0, 0.1) is 0 Å². The summed E-state index contributed by atoms with van der Waals surface area (Å²) in [7, 11) is 1.74. The van der Waals surface area contributed by atoms with Crippen LogP contribution in [0.1, 0.15) is 19.8 Å². The summed E-state index contributed by atoms with van der Waals surface area (Å²) >= 11 is 0. The molecular weight excluding hydrogens is 246 g/mol. The fourth-order valence-electron chi connectivity index (χ4n) is 2.33. The zero-order valence-electron chi connectivity index (χ0n) is 11.5. The van der Waals surface area contributed by atoms with Crippen molar-refractivity contribution < 1.29 is 9.84 Å². The van der Waals surface area contributed by atoms with Crippen molar-refractivity contribution in [3.8, 4) is 0 Å². The number of hydrogen-bond acceptors (Lipinski definition) is 5. The van der Waals surface area contributed by atoms with Gasteiger partial charge in [0.25, 0.3) is 5.56 Å². The number of hydrogen-bond donors (Lipinski definition) is 1. The van der Waals surface area contributed by atoms with Crippen LogP contribution in [0.4, 0.5) is 5.69 Å². The molecule has 0 radical (unpaired) electrons. The molecule has 6 heteroatoms. The van der Waals surface area contributed by atoms with Gasteiger partial charge >= 0.3 is 0 Å². The van der Waals surface area contributed by atoms with E-state index in [1.807, 2.05) is 0 Å². The Morgan fingerprint density at radius 3 is 2.74 bits per heavy atom. The van der Waals surface area contributed by atoms with Gasteiger partial charge in [-0.25, -0.2) is 4.68 Å². The lowest BCUT2D eigenvalue weighted by molar-refractivity contribution is 0.0819. The maximum Gasteiger partial charge on any atom is 0.268 e. The highest BCUT2D eigenvalue weighted by Gasteiger charge is 2.19. The van der Waals surface area contributed by atoms with Crippen LogP contribution in [0.3, 0.4) is 0 Å². The molecule has 1 fully saturated rings. The molecule has 0 aliphatic carbocycles. The van der Waals surface area contributed by atoms with Crippen molar-refractivity contribution in [2.24, 2.45) is 0 Å². The van der Waals surface area contributed by atoms with Crippen molar-refractivity contribution in [1.82, 2.24) is 9.78 Å². The van der Waals surface area contributed by atoms with E-state index >= 15 is 0 Å². The van der Waals surface area contributed by atoms with Crippen LogP contribution >= 0.6 is 0 Å². The van der Waals surface area contributed by atoms with Crippen LogP contribution in [-0.4, -0.2) is 47.3 Å². The Morgan fingerprint density at radius 2 is 2.21 bits per heavy atom. The Bertz CT molecular complexity index is 464. The van der Waals surface area contributed by atoms with E-state index in [0.717, 1.165) is 31.6 Å². The van der Waals surface area contributed by atoms with Crippen molar-refractivity contribution in [2.75, 3.05) is 25.1 Å². The monoisotopic (exact) mass is 267 g/mol. The quantitative estimate of drug-likeness (QED) is 0.846. The van der Waals surface area contributed by atoms with E-state index in [9.17, 15) is 9.90 Å². The molecule has 6 nitrogen and oxygen atoms in total. The zero-order valence-corrected chi connectivity index (χ0v) is 11.5. The first kappa shape index (κ1) is 14.0. The summed E-state index contributed by atoms with van der Waals surface area (Å²) in [6.07, 6.45) is 3.37. The van der Waals surface area contributed by atoms with Gasteiger partial charge in [-0.2, -0.15) is 5.10 Å². The molecule has 2 rings (SSSR count). The van der Waals surface area contributed by atoms with Crippen molar-refractivity contribution in [3.63, 3.8) is 0 Å². The molecule has 2 heterocycles. The Labute approximate surface area is 112 Å². The summed E-state index contributed by atoms with van der Waals surface area (Å²) in [6, 6.07) is 1.59. The molecule has 0 saturated carbocycles. The largest absolute Gasteiger partial charge is 0.391 e. The minimum Gasteiger partial charge on any atom is -0.391 e. The number of piperidine rings is 1. The lowest BCUT2D eigenvalue weighted by Gasteiger charge is -2.32. The number of ether oxygens (including phenoxy) is 1. The highest BCUT2D eigenvalue weighted by molar-refractivity contribution is 5.43. The molecule has 1 aromatic rings. The zero-order chi connectivity index (χ0) is 13.8. The average molecular weight is 267 g/mol. The van der Waals surface area contributed by atoms with Crippen LogP contribution in [0.2, 0.25) is 0 Å². The second-order valence-corrected chi connectivity index (χ2v) is 5.01. The van der Waals surface area contributed by atoms with Crippen LogP contribution < -0.4 is 10.5 Å². The van der Waals surface area contributed by atoms with E-state index in [1.165, 1.54) is 4.68 Å². The van der Waals surface area contributed by atoms with Crippen molar-refractivity contribution in [2.45, 2.75) is 38.5 Å². The molecule has 19 heavy (non-hydrogen) atoms. The highest BCUT2D eigenvalue weighted by atomic mass is 16.5. The molecule has 1 aromatic heterocycles. The summed E-state index contributed by atoms with van der Waals surface area (Å²) < 4.78 is 6.61. The number of aliphatic hydroxyl groups excluding tert-OH is 1. The van der Waals surface area contributed by atoms with Gasteiger partial charge in [-0.3, -0.25) is 4.79 Å². The van der Waals surface area contributed by atoms with Crippen LogP contribution in [0.5, 0.6) is 0 Å². The second-order valence-electron chi connectivity index (χ2n) is 5.01. The van der Waals surface area contributed by atoms with Gasteiger partial charge < -0.3 is 14.7 Å². The molecule has 1 aliphatic rings. The van der Waals surface area contributed by atoms with Crippen LogP contribution in [-0.2, 0) is 11.3 Å². The maximum absolute atomic E-state index is 11.9. The Morgan fingerprint density at radius 1 is 1.53 bits per heavy atom. The molecule has 1 saturated heterocycles. The summed E-state index contributed by atoms with van der Waals surface area (Å²) in [5, 5.41) is 13.4. The fraction of sp³-hybridized carbons (Fsp3) is 0.692. The van der Waals surface area contributed by atoms with E-state index in [0.29, 0.717) is 6.10 Å². The molecule has 0 spiro atoms. The molecule has 1 atom stereocenters.